The third kappa shape index (κ3) is 1.34. The average molecular weight is 219 g/mol. The number of pyridine rings is 1. The second-order valence-electron chi connectivity index (χ2n) is 3.68. The molecule has 0 spiro atoms. The first-order valence-corrected chi connectivity index (χ1v) is 4.80. The maximum atomic E-state index is 13.1. The van der Waals surface area contributed by atoms with Crippen LogP contribution in [0, 0.1) is 12.7 Å². The Morgan fingerprint density at radius 2 is 2.06 bits per heavy atom. The van der Waals surface area contributed by atoms with Crippen LogP contribution in [0.15, 0.2) is 23.0 Å². The van der Waals surface area contributed by atoms with Crippen molar-refractivity contribution in [3.8, 4) is 0 Å². The summed E-state index contributed by atoms with van der Waals surface area (Å²) in [4.78, 5) is 22.6. The zero-order valence-corrected chi connectivity index (χ0v) is 8.95. The highest BCUT2D eigenvalue weighted by Crippen LogP contribution is 2.18. The largest absolute Gasteiger partial charge is 0.311 e. The Labute approximate surface area is 91.1 Å². The lowest BCUT2D eigenvalue weighted by atomic mass is 10.1. The second kappa shape index (κ2) is 3.56. The molecule has 0 saturated heterocycles. The van der Waals surface area contributed by atoms with E-state index in [9.17, 15) is 14.0 Å². The molecule has 3 nitrogen and oxygen atoms in total. The van der Waals surface area contributed by atoms with E-state index in [1.54, 1.807) is 13.0 Å². The molecule has 4 heteroatoms. The van der Waals surface area contributed by atoms with Crippen LogP contribution in [0.2, 0.25) is 0 Å². The molecule has 0 radical (unpaired) electrons. The number of halogens is 1. The smallest absolute Gasteiger partial charge is 0.261 e. The SMILES string of the molecule is Cc1c(C=O)c(=O)n(C)c2cc(F)ccc12. The van der Waals surface area contributed by atoms with Crippen LogP contribution in [0.4, 0.5) is 4.39 Å². The Balaban J connectivity index is 3.07. The lowest BCUT2D eigenvalue weighted by Crippen LogP contribution is -2.22. The van der Waals surface area contributed by atoms with Gasteiger partial charge in [-0.3, -0.25) is 9.59 Å². The summed E-state index contributed by atoms with van der Waals surface area (Å²) in [5, 5.41) is 0.714. The Morgan fingerprint density at radius 3 is 2.69 bits per heavy atom. The lowest BCUT2D eigenvalue weighted by molar-refractivity contribution is 0.112. The molecular weight excluding hydrogens is 209 g/mol. The van der Waals surface area contributed by atoms with Crippen LogP contribution in [0.3, 0.4) is 0 Å². The number of aromatic nitrogens is 1. The molecule has 82 valence electrons. The van der Waals surface area contributed by atoms with E-state index in [1.165, 1.54) is 23.7 Å². The highest BCUT2D eigenvalue weighted by Gasteiger charge is 2.11. The van der Waals surface area contributed by atoms with E-state index >= 15 is 0 Å². The molecule has 0 saturated carbocycles. The van der Waals surface area contributed by atoms with E-state index in [-0.39, 0.29) is 5.56 Å². The Hall–Kier alpha value is -1.97. The standard InChI is InChI=1S/C12H10FNO2/c1-7-9-4-3-8(13)5-11(9)14(2)12(16)10(7)6-15/h3-6H,1-2H3. The molecule has 0 fully saturated rings. The van der Waals surface area contributed by atoms with E-state index in [0.717, 1.165) is 0 Å². The summed E-state index contributed by atoms with van der Waals surface area (Å²) < 4.78 is 14.4. The highest BCUT2D eigenvalue weighted by molar-refractivity contribution is 5.90. The summed E-state index contributed by atoms with van der Waals surface area (Å²) in [6.07, 6.45) is 0.542. The number of aryl methyl sites for hydroxylation is 2. The van der Waals surface area contributed by atoms with E-state index in [4.69, 9.17) is 0 Å². The van der Waals surface area contributed by atoms with Crippen LogP contribution in [0.1, 0.15) is 15.9 Å². The van der Waals surface area contributed by atoms with Crippen LogP contribution in [-0.2, 0) is 7.05 Å². The van der Waals surface area contributed by atoms with Crippen LogP contribution in [0.25, 0.3) is 10.9 Å². The molecule has 0 N–H and O–H groups in total. The van der Waals surface area contributed by atoms with Crippen LogP contribution < -0.4 is 5.56 Å². The molecule has 2 aromatic rings. The first kappa shape index (κ1) is 10.5. The molecule has 0 amide bonds. The molecule has 0 bridgehead atoms. The van der Waals surface area contributed by atoms with Crippen molar-refractivity contribution >= 4 is 17.2 Å². The molecule has 0 atom stereocenters. The first-order valence-electron chi connectivity index (χ1n) is 4.80. The number of rotatable bonds is 1. The quantitative estimate of drug-likeness (QED) is 0.686. The number of fused-ring (bicyclic) bond motifs is 1. The first-order chi connectivity index (χ1) is 7.56. The minimum absolute atomic E-state index is 0.126. The van der Waals surface area contributed by atoms with Gasteiger partial charge in [0.25, 0.3) is 5.56 Å². The van der Waals surface area contributed by atoms with Gasteiger partial charge in [0.1, 0.15) is 5.82 Å². The number of carbonyl (C=O) groups excluding carboxylic acids is 1. The average Bonchev–Trinajstić information content (AvgIpc) is 2.27. The maximum Gasteiger partial charge on any atom is 0.261 e. The third-order valence-corrected chi connectivity index (χ3v) is 2.78. The molecule has 1 aromatic carbocycles. The molecule has 0 aliphatic heterocycles. The number of nitrogens with zero attached hydrogens (tertiary/aromatic N) is 1. The van der Waals surface area contributed by atoms with Crippen molar-refractivity contribution in [3.05, 3.63) is 45.5 Å². The predicted octanol–water partition coefficient (Wildman–Crippen LogP) is 1.80. The Bertz CT molecular complexity index is 643. The number of hydrogen-bond acceptors (Lipinski definition) is 2. The molecule has 1 heterocycles. The van der Waals surface area contributed by atoms with Crippen molar-refractivity contribution in [2.24, 2.45) is 7.05 Å². The zero-order valence-electron chi connectivity index (χ0n) is 8.95. The summed E-state index contributed by atoms with van der Waals surface area (Å²) >= 11 is 0. The van der Waals surface area contributed by atoms with Crippen LogP contribution in [0.5, 0.6) is 0 Å². The minimum atomic E-state index is -0.402. The monoisotopic (exact) mass is 219 g/mol. The summed E-state index contributed by atoms with van der Waals surface area (Å²) in [7, 11) is 1.52. The van der Waals surface area contributed by atoms with Gasteiger partial charge in [-0.05, 0) is 30.7 Å². The number of benzene rings is 1. The van der Waals surface area contributed by atoms with E-state index in [2.05, 4.69) is 0 Å². The molecule has 0 aliphatic carbocycles. The van der Waals surface area contributed by atoms with Gasteiger partial charge in [0, 0.05) is 12.4 Å². The highest BCUT2D eigenvalue weighted by atomic mass is 19.1. The Kier molecular flexibility index (Phi) is 2.34. The van der Waals surface area contributed by atoms with Gasteiger partial charge in [-0.15, -0.1) is 0 Å². The van der Waals surface area contributed by atoms with E-state index in [1.807, 2.05) is 0 Å². The van der Waals surface area contributed by atoms with Crippen molar-refractivity contribution in [1.82, 2.24) is 4.57 Å². The molecule has 0 unspecified atom stereocenters. The van der Waals surface area contributed by atoms with Gasteiger partial charge in [0.15, 0.2) is 6.29 Å². The number of aldehydes is 1. The van der Waals surface area contributed by atoms with Crippen molar-refractivity contribution in [3.63, 3.8) is 0 Å². The topological polar surface area (TPSA) is 39.1 Å². The zero-order chi connectivity index (χ0) is 11.9. The van der Waals surface area contributed by atoms with Gasteiger partial charge >= 0.3 is 0 Å². The van der Waals surface area contributed by atoms with Crippen molar-refractivity contribution in [1.29, 1.82) is 0 Å². The summed E-state index contributed by atoms with van der Waals surface area (Å²) in [5.74, 6) is -0.402. The predicted molar refractivity (Wildman–Crippen MR) is 59.3 cm³/mol. The van der Waals surface area contributed by atoms with Crippen molar-refractivity contribution in [2.45, 2.75) is 6.92 Å². The summed E-state index contributed by atoms with van der Waals surface area (Å²) in [6.45, 7) is 1.69. The fraction of sp³-hybridized carbons (Fsp3) is 0.167. The number of hydrogen-bond donors (Lipinski definition) is 0. The van der Waals surface area contributed by atoms with Crippen LogP contribution >= 0.6 is 0 Å². The third-order valence-electron chi connectivity index (χ3n) is 2.78. The molecule has 1 aromatic heterocycles. The van der Waals surface area contributed by atoms with Gasteiger partial charge in [-0.2, -0.15) is 0 Å². The van der Waals surface area contributed by atoms with Gasteiger partial charge in [-0.1, -0.05) is 0 Å². The van der Waals surface area contributed by atoms with Crippen molar-refractivity contribution in [2.75, 3.05) is 0 Å². The summed E-state index contributed by atoms with van der Waals surface area (Å²) in [6, 6.07) is 4.18. The molecule has 2 rings (SSSR count). The van der Waals surface area contributed by atoms with Crippen LogP contribution in [-0.4, -0.2) is 10.9 Å². The second-order valence-corrected chi connectivity index (χ2v) is 3.68. The fourth-order valence-electron chi connectivity index (χ4n) is 1.83. The normalized spacial score (nSPS) is 10.7. The van der Waals surface area contributed by atoms with E-state index < -0.39 is 11.4 Å². The van der Waals surface area contributed by atoms with Gasteiger partial charge < -0.3 is 4.57 Å². The lowest BCUT2D eigenvalue weighted by Gasteiger charge is -2.09. The summed E-state index contributed by atoms with van der Waals surface area (Å²) in [5.41, 5.74) is 0.813. The van der Waals surface area contributed by atoms with Gasteiger partial charge in [-0.25, -0.2) is 4.39 Å². The van der Waals surface area contributed by atoms with Gasteiger partial charge in [0.05, 0.1) is 11.1 Å². The maximum absolute atomic E-state index is 13.1. The fourth-order valence-corrected chi connectivity index (χ4v) is 1.83. The minimum Gasteiger partial charge on any atom is -0.311 e. The number of carbonyl (C=O) groups is 1. The Morgan fingerprint density at radius 1 is 1.38 bits per heavy atom. The molecule has 16 heavy (non-hydrogen) atoms. The van der Waals surface area contributed by atoms with Crippen molar-refractivity contribution < 1.29 is 9.18 Å². The molecule has 0 aliphatic rings. The molecular formula is C12H10FNO2. The van der Waals surface area contributed by atoms with Gasteiger partial charge in [0.2, 0.25) is 0 Å². The van der Waals surface area contributed by atoms with E-state index in [0.29, 0.717) is 22.8 Å².